The molecule has 1 fully saturated rings. The number of amides is 1. The molecule has 1 N–H and O–H groups in total. The Morgan fingerprint density at radius 2 is 1.64 bits per heavy atom. The first-order chi connectivity index (χ1) is 20.8. The van der Waals surface area contributed by atoms with Crippen LogP contribution >= 0.6 is 11.6 Å². The number of carbonyl (C=O) groups excluding carboxylic acids is 1. The number of carbonyl (C=O) groups is 1. The van der Waals surface area contributed by atoms with Crippen LogP contribution in [0.5, 0.6) is 11.5 Å². The highest BCUT2D eigenvalue weighted by atomic mass is 35.5. The van der Waals surface area contributed by atoms with Gasteiger partial charge in [-0.25, -0.2) is 0 Å². The Balaban J connectivity index is 1.47. The maximum Gasteiger partial charge on any atom is 0.401 e. The van der Waals surface area contributed by atoms with E-state index in [0.29, 0.717) is 40.6 Å². The fraction of sp³-hybridized carbons (Fsp3) is 0.441. The first kappa shape index (κ1) is 32.1. The minimum Gasteiger partial charge on any atom is -0.493 e. The highest BCUT2D eigenvalue weighted by Crippen LogP contribution is 2.44. The van der Waals surface area contributed by atoms with Crippen LogP contribution in [0.3, 0.4) is 0 Å². The summed E-state index contributed by atoms with van der Waals surface area (Å²) in [7, 11) is 1.57. The van der Waals surface area contributed by atoms with Crippen molar-refractivity contribution in [1.82, 2.24) is 4.90 Å². The monoisotopic (exact) mass is 630 g/mol. The molecule has 2 atom stereocenters. The number of likely N-dealkylation sites (tertiary alicyclic amines) is 1. The van der Waals surface area contributed by atoms with Crippen molar-refractivity contribution < 1.29 is 32.5 Å². The number of rotatable bonds is 8. The fourth-order valence-corrected chi connectivity index (χ4v) is 6.56. The summed E-state index contributed by atoms with van der Waals surface area (Å²) >= 11 is 6.22. The summed E-state index contributed by atoms with van der Waals surface area (Å²) in [5.74, 6) is 0.845. The van der Waals surface area contributed by atoms with E-state index >= 15 is 0 Å². The van der Waals surface area contributed by atoms with Crippen LogP contribution in [0.15, 0.2) is 60.7 Å². The van der Waals surface area contributed by atoms with E-state index in [4.69, 9.17) is 21.1 Å². The molecule has 0 radical (unpaired) electrons. The number of benzene rings is 3. The van der Waals surface area contributed by atoms with Gasteiger partial charge in [0.05, 0.1) is 37.8 Å². The Bertz CT molecular complexity index is 1470. The number of hydrogen-bond donors (Lipinski definition) is 1. The van der Waals surface area contributed by atoms with Gasteiger partial charge >= 0.3 is 6.18 Å². The van der Waals surface area contributed by atoms with Gasteiger partial charge in [-0.1, -0.05) is 35.9 Å². The van der Waals surface area contributed by atoms with E-state index in [1.807, 2.05) is 50.2 Å². The molecule has 2 heterocycles. The standard InChI is InChI=1S/C34H38ClF3N2O4/c1-21(2)44-30-19-28-23(17-29(30)43-4)18-31(41)40(32(28)22-5-9-26(35)10-6-22)27-11-7-24(8-12-27)33(3,42)25-13-15-39(16-14-25)20-34(36,37)38/h5-12,17,19,21,25,32,42H,13-16,18,20H2,1-4H3/t32-,33?/m0/s1. The molecule has 0 saturated carbocycles. The zero-order valence-corrected chi connectivity index (χ0v) is 26.1. The topological polar surface area (TPSA) is 62.2 Å². The lowest BCUT2D eigenvalue weighted by Gasteiger charge is -2.40. The average molecular weight is 631 g/mol. The summed E-state index contributed by atoms with van der Waals surface area (Å²) in [5.41, 5.74) is 2.69. The molecule has 0 aliphatic carbocycles. The second kappa shape index (κ2) is 12.6. The molecule has 0 aromatic heterocycles. The summed E-state index contributed by atoms with van der Waals surface area (Å²) in [6.07, 6.45) is -3.26. The van der Waals surface area contributed by atoms with Gasteiger partial charge in [-0.2, -0.15) is 13.2 Å². The molecular formula is C34H38ClF3N2O4. The third-order valence-electron chi connectivity index (χ3n) is 8.65. The minimum absolute atomic E-state index is 0.0885. The number of anilines is 1. The van der Waals surface area contributed by atoms with Crippen LogP contribution in [0.4, 0.5) is 18.9 Å². The molecule has 0 bridgehead atoms. The Hall–Kier alpha value is -3.27. The van der Waals surface area contributed by atoms with Gasteiger partial charge in [-0.05, 0) is 111 Å². The number of ether oxygens (including phenoxy) is 2. The van der Waals surface area contributed by atoms with E-state index < -0.39 is 24.4 Å². The highest BCUT2D eigenvalue weighted by Gasteiger charge is 2.40. The van der Waals surface area contributed by atoms with Gasteiger partial charge in [0, 0.05) is 10.7 Å². The summed E-state index contributed by atoms with van der Waals surface area (Å²) in [6, 6.07) is 18.0. The SMILES string of the molecule is COc1cc2c(cc1OC(C)C)[C@H](c1ccc(Cl)cc1)N(c1ccc(C(C)(O)C3CCN(CC(F)(F)F)CC3)cc1)C(=O)C2. The third kappa shape index (κ3) is 6.85. The van der Waals surface area contributed by atoms with E-state index in [1.54, 1.807) is 43.2 Å². The molecule has 236 valence electrons. The second-order valence-corrected chi connectivity index (χ2v) is 12.6. The lowest BCUT2D eigenvalue weighted by molar-refractivity contribution is -0.151. The van der Waals surface area contributed by atoms with E-state index in [0.717, 1.165) is 16.7 Å². The highest BCUT2D eigenvalue weighted by molar-refractivity contribution is 6.30. The molecule has 10 heteroatoms. The number of nitrogens with zero attached hydrogens (tertiary/aromatic N) is 2. The second-order valence-electron chi connectivity index (χ2n) is 12.1. The maximum atomic E-state index is 13.8. The predicted molar refractivity (Wildman–Crippen MR) is 164 cm³/mol. The van der Waals surface area contributed by atoms with Gasteiger partial charge in [0.15, 0.2) is 11.5 Å². The Labute approximate surface area is 261 Å². The molecule has 2 aliphatic heterocycles. The quantitative estimate of drug-likeness (QED) is 0.283. The summed E-state index contributed by atoms with van der Waals surface area (Å²) < 4.78 is 50.2. The number of alkyl halides is 3. The van der Waals surface area contributed by atoms with Crippen LogP contribution in [0.25, 0.3) is 0 Å². The van der Waals surface area contributed by atoms with Crippen LogP contribution in [0.2, 0.25) is 5.02 Å². The lowest BCUT2D eigenvalue weighted by atomic mass is 9.77. The molecule has 5 rings (SSSR count). The summed E-state index contributed by atoms with van der Waals surface area (Å²) in [6.45, 7) is 5.21. The van der Waals surface area contributed by atoms with Crippen molar-refractivity contribution in [3.63, 3.8) is 0 Å². The zero-order chi connectivity index (χ0) is 31.8. The van der Waals surface area contributed by atoms with E-state index in [9.17, 15) is 23.1 Å². The lowest BCUT2D eigenvalue weighted by Crippen LogP contribution is -2.45. The number of piperidine rings is 1. The Morgan fingerprint density at radius 3 is 2.20 bits per heavy atom. The van der Waals surface area contributed by atoms with Crippen molar-refractivity contribution >= 4 is 23.2 Å². The summed E-state index contributed by atoms with van der Waals surface area (Å²) in [4.78, 5) is 17.0. The first-order valence-electron chi connectivity index (χ1n) is 14.8. The van der Waals surface area contributed by atoms with E-state index in [-0.39, 0.29) is 37.4 Å². The van der Waals surface area contributed by atoms with Gasteiger partial charge < -0.3 is 19.5 Å². The molecule has 3 aromatic carbocycles. The van der Waals surface area contributed by atoms with Crippen LogP contribution in [-0.2, 0) is 16.8 Å². The number of fused-ring (bicyclic) bond motifs is 1. The predicted octanol–water partition coefficient (Wildman–Crippen LogP) is 7.30. The van der Waals surface area contributed by atoms with Crippen LogP contribution in [-0.4, -0.2) is 54.9 Å². The maximum absolute atomic E-state index is 13.8. The van der Waals surface area contributed by atoms with E-state index in [2.05, 4.69) is 0 Å². The van der Waals surface area contributed by atoms with Crippen LogP contribution < -0.4 is 14.4 Å². The van der Waals surface area contributed by atoms with Crippen molar-refractivity contribution in [2.24, 2.45) is 5.92 Å². The van der Waals surface area contributed by atoms with Crippen molar-refractivity contribution in [3.05, 3.63) is 87.9 Å². The molecule has 3 aromatic rings. The molecule has 0 spiro atoms. The largest absolute Gasteiger partial charge is 0.493 e. The van der Waals surface area contributed by atoms with Crippen molar-refractivity contribution in [2.75, 3.05) is 31.6 Å². The molecule has 2 aliphatic rings. The Morgan fingerprint density at radius 1 is 1.00 bits per heavy atom. The fourth-order valence-electron chi connectivity index (χ4n) is 6.43. The Kier molecular flexibility index (Phi) is 9.21. The van der Waals surface area contributed by atoms with Crippen molar-refractivity contribution in [1.29, 1.82) is 0 Å². The molecule has 1 unspecified atom stereocenters. The number of aliphatic hydroxyl groups is 1. The number of halogens is 4. The molecule has 6 nitrogen and oxygen atoms in total. The van der Waals surface area contributed by atoms with Gasteiger partial charge in [0.25, 0.3) is 0 Å². The summed E-state index contributed by atoms with van der Waals surface area (Å²) in [5, 5.41) is 12.1. The third-order valence-corrected chi connectivity index (χ3v) is 8.90. The molecule has 1 amide bonds. The molecule has 44 heavy (non-hydrogen) atoms. The molecule has 1 saturated heterocycles. The minimum atomic E-state index is -4.24. The average Bonchev–Trinajstić information content (AvgIpc) is 2.96. The van der Waals surface area contributed by atoms with Crippen LogP contribution in [0.1, 0.15) is 61.9 Å². The first-order valence-corrected chi connectivity index (χ1v) is 15.2. The van der Waals surface area contributed by atoms with Crippen molar-refractivity contribution in [3.8, 4) is 11.5 Å². The van der Waals surface area contributed by atoms with Crippen molar-refractivity contribution in [2.45, 2.75) is 64.0 Å². The molecular weight excluding hydrogens is 593 g/mol. The number of hydrogen-bond acceptors (Lipinski definition) is 5. The van der Waals surface area contributed by atoms with E-state index in [1.165, 1.54) is 4.90 Å². The van der Waals surface area contributed by atoms with Crippen LogP contribution in [0, 0.1) is 5.92 Å². The van der Waals surface area contributed by atoms with Gasteiger partial charge in [0.2, 0.25) is 5.91 Å². The van der Waals surface area contributed by atoms with Gasteiger partial charge in [-0.3, -0.25) is 9.69 Å². The van der Waals surface area contributed by atoms with Gasteiger partial charge in [0.1, 0.15) is 0 Å². The van der Waals surface area contributed by atoms with Gasteiger partial charge in [-0.15, -0.1) is 0 Å². The number of methoxy groups -OCH3 is 1. The zero-order valence-electron chi connectivity index (χ0n) is 25.3. The normalized spacial score (nSPS) is 19.5. The smallest absolute Gasteiger partial charge is 0.401 e.